The van der Waals surface area contributed by atoms with Gasteiger partial charge in [-0.15, -0.1) is 24.0 Å². The van der Waals surface area contributed by atoms with Crippen LogP contribution in [0, 0.1) is 0 Å². The van der Waals surface area contributed by atoms with Crippen molar-refractivity contribution in [2.45, 2.75) is 45.1 Å². The molecule has 0 spiro atoms. The van der Waals surface area contributed by atoms with E-state index < -0.39 is 0 Å². The predicted octanol–water partition coefficient (Wildman–Crippen LogP) is 3.92. The number of guanidine groups is 1. The number of anilines is 1. The highest BCUT2D eigenvalue weighted by molar-refractivity contribution is 14.0. The molecule has 168 valence electrons. The molecule has 2 N–H and O–H groups in total. The van der Waals surface area contributed by atoms with Gasteiger partial charge in [-0.1, -0.05) is 31.0 Å². The minimum atomic E-state index is 0. The molecule has 0 radical (unpaired) electrons. The van der Waals surface area contributed by atoms with E-state index in [0.29, 0.717) is 6.54 Å². The predicted molar refractivity (Wildman–Crippen MR) is 138 cm³/mol. The van der Waals surface area contributed by atoms with Gasteiger partial charge in [-0.05, 0) is 48.1 Å². The summed E-state index contributed by atoms with van der Waals surface area (Å²) in [6.45, 7) is 4.60. The standard InChI is InChI=1S/C24H33N5O.HI/c1-25-24(26-12-10-19-6-8-22-21(16-19)11-15-30-22)28-18-20-7-9-23(27-17-20)29-13-4-2-3-5-14-29;/h6-9,16-17H,2-5,10-15,18H2,1H3,(H2,25,26,28);1H. The number of rotatable bonds is 6. The monoisotopic (exact) mass is 535 g/mol. The Balaban J connectivity index is 0.00000272. The molecule has 1 aromatic heterocycles. The van der Waals surface area contributed by atoms with E-state index in [9.17, 15) is 0 Å². The largest absolute Gasteiger partial charge is 0.493 e. The first kappa shape index (κ1) is 23.6. The van der Waals surface area contributed by atoms with Crippen LogP contribution in [0.1, 0.15) is 42.4 Å². The van der Waals surface area contributed by atoms with E-state index in [4.69, 9.17) is 9.72 Å². The number of fused-ring (bicyclic) bond motifs is 1. The zero-order chi connectivity index (χ0) is 20.6. The number of aliphatic imine (C=N–C) groups is 1. The first-order chi connectivity index (χ1) is 14.8. The Hall–Kier alpha value is -2.03. The second-order valence-corrected chi connectivity index (χ2v) is 8.07. The molecule has 4 rings (SSSR count). The molecule has 2 aliphatic heterocycles. The van der Waals surface area contributed by atoms with Crippen LogP contribution in [0.3, 0.4) is 0 Å². The van der Waals surface area contributed by atoms with Gasteiger partial charge < -0.3 is 20.3 Å². The second kappa shape index (κ2) is 12.1. The summed E-state index contributed by atoms with van der Waals surface area (Å²) in [6, 6.07) is 10.8. The van der Waals surface area contributed by atoms with Gasteiger partial charge in [0.25, 0.3) is 0 Å². The molecule has 0 bridgehead atoms. The molecule has 6 nitrogen and oxygen atoms in total. The maximum absolute atomic E-state index is 5.58. The number of hydrogen-bond donors (Lipinski definition) is 2. The van der Waals surface area contributed by atoms with E-state index >= 15 is 0 Å². The summed E-state index contributed by atoms with van der Waals surface area (Å²) in [5.74, 6) is 2.96. The third-order valence-electron chi connectivity index (χ3n) is 5.88. The molecule has 2 aromatic rings. The Labute approximate surface area is 202 Å². The lowest BCUT2D eigenvalue weighted by atomic mass is 10.1. The summed E-state index contributed by atoms with van der Waals surface area (Å²) in [7, 11) is 1.81. The molecule has 0 atom stereocenters. The van der Waals surface area contributed by atoms with Crippen molar-refractivity contribution in [3.63, 3.8) is 0 Å². The first-order valence-electron chi connectivity index (χ1n) is 11.2. The van der Waals surface area contributed by atoms with E-state index in [1.54, 1.807) is 0 Å². The highest BCUT2D eigenvalue weighted by atomic mass is 127. The minimum absolute atomic E-state index is 0. The van der Waals surface area contributed by atoms with Crippen LogP contribution < -0.4 is 20.3 Å². The Morgan fingerprint density at radius 1 is 1.06 bits per heavy atom. The lowest BCUT2D eigenvalue weighted by Crippen LogP contribution is -2.37. The van der Waals surface area contributed by atoms with Crippen molar-refractivity contribution in [2.24, 2.45) is 4.99 Å². The molecule has 0 amide bonds. The normalized spacial score (nSPS) is 16.0. The number of halogens is 1. The highest BCUT2D eigenvalue weighted by Crippen LogP contribution is 2.25. The lowest BCUT2D eigenvalue weighted by Gasteiger charge is -2.21. The van der Waals surface area contributed by atoms with Crippen molar-refractivity contribution in [1.82, 2.24) is 15.6 Å². The summed E-state index contributed by atoms with van der Waals surface area (Å²) in [5, 5.41) is 6.79. The highest BCUT2D eigenvalue weighted by Gasteiger charge is 2.12. The number of nitrogens with one attached hydrogen (secondary N) is 2. The maximum Gasteiger partial charge on any atom is 0.191 e. The Morgan fingerprint density at radius 2 is 1.87 bits per heavy atom. The van der Waals surface area contributed by atoms with Crippen LogP contribution in [0.4, 0.5) is 5.82 Å². The van der Waals surface area contributed by atoms with Crippen molar-refractivity contribution in [3.05, 3.63) is 53.2 Å². The lowest BCUT2D eigenvalue weighted by molar-refractivity contribution is 0.357. The number of benzene rings is 1. The average Bonchev–Trinajstić information content (AvgIpc) is 3.08. The molecule has 0 saturated carbocycles. The number of pyridine rings is 1. The molecule has 2 aliphatic rings. The SMILES string of the molecule is CN=C(NCCc1ccc2c(c1)CCO2)NCc1ccc(N2CCCCCC2)nc1.I. The summed E-state index contributed by atoms with van der Waals surface area (Å²) < 4.78 is 5.58. The number of aromatic nitrogens is 1. The topological polar surface area (TPSA) is 61.8 Å². The third kappa shape index (κ3) is 6.72. The van der Waals surface area contributed by atoms with Gasteiger partial charge in [-0.25, -0.2) is 4.98 Å². The smallest absolute Gasteiger partial charge is 0.191 e. The van der Waals surface area contributed by atoms with Gasteiger partial charge in [-0.3, -0.25) is 4.99 Å². The summed E-state index contributed by atoms with van der Waals surface area (Å²) >= 11 is 0. The second-order valence-electron chi connectivity index (χ2n) is 8.07. The van der Waals surface area contributed by atoms with Gasteiger partial charge >= 0.3 is 0 Å². The molecular formula is C24H34IN5O. The number of nitrogens with zero attached hydrogens (tertiary/aromatic N) is 3. The van der Waals surface area contributed by atoms with E-state index in [2.05, 4.69) is 50.9 Å². The Bertz CT molecular complexity index is 848. The molecule has 7 heteroatoms. The van der Waals surface area contributed by atoms with E-state index in [1.807, 2.05) is 13.2 Å². The summed E-state index contributed by atoms with van der Waals surface area (Å²) in [6.07, 6.45) is 9.17. The van der Waals surface area contributed by atoms with Crippen molar-refractivity contribution >= 4 is 35.8 Å². The fraction of sp³-hybridized carbons (Fsp3) is 0.500. The fourth-order valence-corrected chi connectivity index (χ4v) is 4.14. The molecule has 1 saturated heterocycles. The number of hydrogen-bond acceptors (Lipinski definition) is 4. The van der Waals surface area contributed by atoms with Crippen molar-refractivity contribution < 1.29 is 4.74 Å². The minimum Gasteiger partial charge on any atom is -0.493 e. The van der Waals surface area contributed by atoms with Crippen LogP contribution >= 0.6 is 24.0 Å². The van der Waals surface area contributed by atoms with E-state index in [1.165, 1.54) is 36.8 Å². The van der Waals surface area contributed by atoms with Crippen LogP contribution in [-0.4, -0.2) is 44.2 Å². The molecular weight excluding hydrogens is 501 g/mol. The molecule has 1 fully saturated rings. The van der Waals surface area contributed by atoms with Crippen molar-refractivity contribution in [3.8, 4) is 5.75 Å². The van der Waals surface area contributed by atoms with E-state index in [0.717, 1.165) is 62.2 Å². The van der Waals surface area contributed by atoms with Gasteiger partial charge in [-0.2, -0.15) is 0 Å². The van der Waals surface area contributed by atoms with Crippen LogP contribution in [0.25, 0.3) is 0 Å². The molecule has 1 aromatic carbocycles. The Kier molecular flexibility index (Phi) is 9.24. The summed E-state index contributed by atoms with van der Waals surface area (Å²) in [4.78, 5) is 11.4. The zero-order valence-corrected chi connectivity index (χ0v) is 20.7. The molecule has 31 heavy (non-hydrogen) atoms. The molecule has 3 heterocycles. The quantitative estimate of drug-likeness (QED) is 0.334. The fourth-order valence-electron chi connectivity index (χ4n) is 4.14. The average molecular weight is 535 g/mol. The van der Waals surface area contributed by atoms with Gasteiger partial charge in [0.05, 0.1) is 6.61 Å². The zero-order valence-electron chi connectivity index (χ0n) is 18.4. The van der Waals surface area contributed by atoms with Crippen LogP contribution in [0.2, 0.25) is 0 Å². The molecule has 0 aliphatic carbocycles. The third-order valence-corrected chi connectivity index (χ3v) is 5.88. The van der Waals surface area contributed by atoms with Crippen LogP contribution in [0.5, 0.6) is 5.75 Å². The summed E-state index contributed by atoms with van der Waals surface area (Å²) in [5.41, 5.74) is 3.82. The van der Waals surface area contributed by atoms with Crippen molar-refractivity contribution in [1.29, 1.82) is 0 Å². The first-order valence-corrected chi connectivity index (χ1v) is 11.2. The van der Waals surface area contributed by atoms with Gasteiger partial charge in [0.1, 0.15) is 11.6 Å². The number of ether oxygens (including phenoxy) is 1. The Morgan fingerprint density at radius 3 is 2.61 bits per heavy atom. The van der Waals surface area contributed by atoms with Gasteiger partial charge in [0, 0.05) is 45.8 Å². The maximum atomic E-state index is 5.58. The van der Waals surface area contributed by atoms with Gasteiger partial charge in [0.15, 0.2) is 5.96 Å². The van der Waals surface area contributed by atoms with Gasteiger partial charge in [0.2, 0.25) is 0 Å². The van der Waals surface area contributed by atoms with Crippen LogP contribution in [0.15, 0.2) is 41.5 Å². The van der Waals surface area contributed by atoms with Crippen molar-refractivity contribution in [2.75, 3.05) is 38.2 Å². The van der Waals surface area contributed by atoms with E-state index in [-0.39, 0.29) is 24.0 Å². The molecule has 0 unspecified atom stereocenters. The van der Waals surface area contributed by atoms with Crippen LogP contribution in [-0.2, 0) is 19.4 Å².